The fourth-order valence-corrected chi connectivity index (χ4v) is 1.75. The Morgan fingerprint density at radius 2 is 2.00 bits per heavy atom. The number of halogens is 2. The quantitative estimate of drug-likeness (QED) is 0.853. The summed E-state index contributed by atoms with van der Waals surface area (Å²) in [5.74, 6) is 0.335. The molecule has 0 aliphatic carbocycles. The summed E-state index contributed by atoms with van der Waals surface area (Å²) in [6, 6.07) is 4.35. The highest BCUT2D eigenvalue weighted by atomic mass is 35.5. The van der Waals surface area contributed by atoms with Crippen molar-refractivity contribution >= 4 is 29.2 Å². The van der Waals surface area contributed by atoms with Gasteiger partial charge >= 0.3 is 0 Å². The second-order valence-electron chi connectivity index (χ2n) is 4.15. The molecular formula is C13H15ClFN5O. The largest absolute Gasteiger partial charge is 0.494 e. The van der Waals surface area contributed by atoms with Gasteiger partial charge in [0, 0.05) is 18.3 Å². The van der Waals surface area contributed by atoms with Crippen LogP contribution in [0.1, 0.15) is 13.3 Å². The number of nitrogens with zero attached hydrogens (tertiary/aromatic N) is 3. The SMILES string of the molecule is CCCNc1nc(Cl)nc(Nc2ccc(F)c(OC)c2)n1. The van der Waals surface area contributed by atoms with Gasteiger partial charge in [0.2, 0.25) is 17.2 Å². The van der Waals surface area contributed by atoms with Gasteiger partial charge in [-0.05, 0) is 30.2 Å². The first-order chi connectivity index (χ1) is 10.1. The topological polar surface area (TPSA) is 72.0 Å². The number of benzene rings is 1. The Labute approximate surface area is 126 Å². The molecule has 8 heteroatoms. The van der Waals surface area contributed by atoms with Crippen molar-refractivity contribution in [2.45, 2.75) is 13.3 Å². The van der Waals surface area contributed by atoms with Gasteiger partial charge in [-0.15, -0.1) is 0 Å². The summed E-state index contributed by atoms with van der Waals surface area (Å²) in [7, 11) is 1.40. The Morgan fingerprint density at radius 3 is 2.71 bits per heavy atom. The maximum Gasteiger partial charge on any atom is 0.233 e. The third-order valence-corrected chi connectivity index (χ3v) is 2.72. The lowest BCUT2D eigenvalue weighted by atomic mass is 10.3. The Morgan fingerprint density at radius 1 is 1.24 bits per heavy atom. The zero-order valence-corrected chi connectivity index (χ0v) is 12.4. The monoisotopic (exact) mass is 311 g/mol. The maximum absolute atomic E-state index is 13.4. The van der Waals surface area contributed by atoms with E-state index in [4.69, 9.17) is 16.3 Å². The van der Waals surface area contributed by atoms with Crippen LogP contribution in [0.25, 0.3) is 0 Å². The van der Waals surface area contributed by atoms with Crippen molar-refractivity contribution in [3.8, 4) is 5.75 Å². The number of anilines is 3. The molecule has 0 spiro atoms. The Bertz CT molecular complexity index is 626. The molecule has 0 aliphatic rings. The molecule has 0 atom stereocenters. The fraction of sp³-hybridized carbons (Fsp3) is 0.308. The van der Waals surface area contributed by atoms with Gasteiger partial charge in [-0.3, -0.25) is 0 Å². The van der Waals surface area contributed by atoms with Crippen molar-refractivity contribution in [3.05, 3.63) is 29.3 Å². The van der Waals surface area contributed by atoms with Crippen molar-refractivity contribution in [1.29, 1.82) is 0 Å². The first-order valence-electron chi connectivity index (χ1n) is 6.38. The highest BCUT2D eigenvalue weighted by molar-refractivity contribution is 6.28. The molecule has 0 bridgehead atoms. The van der Waals surface area contributed by atoms with E-state index >= 15 is 0 Å². The lowest BCUT2D eigenvalue weighted by Gasteiger charge is -2.09. The highest BCUT2D eigenvalue weighted by Crippen LogP contribution is 2.23. The number of rotatable bonds is 6. The molecule has 0 aliphatic heterocycles. The summed E-state index contributed by atoms with van der Waals surface area (Å²) < 4.78 is 18.3. The van der Waals surface area contributed by atoms with E-state index in [1.54, 1.807) is 6.07 Å². The average molecular weight is 312 g/mol. The van der Waals surface area contributed by atoms with Crippen molar-refractivity contribution in [2.24, 2.45) is 0 Å². The van der Waals surface area contributed by atoms with Crippen LogP contribution in [-0.4, -0.2) is 28.6 Å². The average Bonchev–Trinajstić information content (AvgIpc) is 2.46. The van der Waals surface area contributed by atoms with E-state index < -0.39 is 5.82 Å². The summed E-state index contributed by atoms with van der Waals surface area (Å²) in [5, 5.41) is 6.02. The van der Waals surface area contributed by atoms with E-state index in [0.717, 1.165) is 13.0 Å². The smallest absolute Gasteiger partial charge is 0.233 e. The van der Waals surface area contributed by atoms with Gasteiger partial charge < -0.3 is 15.4 Å². The first kappa shape index (κ1) is 15.2. The number of hydrogen-bond donors (Lipinski definition) is 2. The van der Waals surface area contributed by atoms with E-state index in [1.807, 2.05) is 6.92 Å². The molecule has 21 heavy (non-hydrogen) atoms. The number of hydrogen-bond acceptors (Lipinski definition) is 6. The zero-order valence-electron chi connectivity index (χ0n) is 11.7. The van der Waals surface area contributed by atoms with Gasteiger partial charge in [-0.1, -0.05) is 6.92 Å². The summed E-state index contributed by atoms with van der Waals surface area (Å²) in [6.07, 6.45) is 0.932. The molecule has 0 radical (unpaired) electrons. The molecule has 6 nitrogen and oxygen atoms in total. The molecule has 112 valence electrons. The molecule has 0 amide bonds. The summed E-state index contributed by atoms with van der Waals surface area (Å²) in [4.78, 5) is 12.1. The summed E-state index contributed by atoms with van der Waals surface area (Å²) >= 11 is 5.85. The molecular weight excluding hydrogens is 297 g/mol. The van der Waals surface area contributed by atoms with Gasteiger partial charge in [0.15, 0.2) is 11.6 Å². The van der Waals surface area contributed by atoms with Crippen molar-refractivity contribution < 1.29 is 9.13 Å². The second kappa shape index (κ2) is 7.03. The fourth-order valence-electron chi connectivity index (χ4n) is 1.59. The maximum atomic E-state index is 13.4. The number of methoxy groups -OCH3 is 1. The molecule has 0 unspecified atom stereocenters. The molecule has 0 saturated carbocycles. The summed E-state index contributed by atoms with van der Waals surface area (Å²) in [6.45, 7) is 2.75. The van der Waals surface area contributed by atoms with Crippen molar-refractivity contribution in [3.63, 3.8) is 0 Å². The lowest BCUT2D eigenvalue weighted by molar-refractivity contribution is 0.387. The first-order valence-corrected chi connectivity index (χ1v) is 6.76. The molecule has 1 aromatic heterocycles. The molecule has 0 saturated heterocycles. The van der Waals surface area contributed by atoms with E-state index in [-0.39, 0.29) is 17.0 Å². The van der Waals surface area contributed by atoms with Crippen molar-refractivity contribution in [1.82, 2.24) is 15.0 Å². The van der Waals surface area contributed by atoms with E-state index in [2.05, 4.69) is 25.6 Å². The molecule has 1 heterocycles. The minimum Gasteiger partial charge on any atom is -0.494 e. The highest BCUT2D eigenvalue weighted by Gasteiger charge is 2.07. The minimum absolute atomic E-state index is 0.0696. The van der Waals surface area contributed by atoms with Crippen LogP contribution in [0, 0.1) is 5.82 Å². The van der Waals surface area contributed by atoms with E-state index in [1.165, 1.54) is 19.2 Å². The van der Waals surface area contributed by atoms with E-state index in [0.29, 0.717) is 11.6 Å². The van der Waals surface area contributed by atoms with Gasteiger partial charge in [0.25, 0.3) is 0 Å². The van der Waals surface area contributed by atoms with Crippen LogP contribution in [0.2, 0.25) is 5.28 Å². The van der Waals surface area contributed by atoms with Crippen LogP contribution in [0.3, 0.4) is 0 Å². The van der Waals surface area contributed by atoms with Crippen LogP contribution in [0.15, 0.2) is 18.2 Å². The minimum atomic E-state index is -0.443. The standard InChI is InChI=1S/C13H15ClFN5O/c1-3-6-16-12-18-11(14)19-13(20-12)17-8-4-5-9(15)10(7-8)21-2/h4-5,7H,3,6H2,1-2H3,(H2,16,17,18,19,20). The third-order valence-electron chi connectivity index (χ3n) is 2.55. The third kappa shape index (κ3) is 4.16. The van der Waals surface area contributed by atoms with Crippen LogP contribution < -0.4 is 15.4 Å². The van der Waals surface area contributed by atoms with Gasteiger partial charge in [-0.25, -0.2) is 4.39 Å². The molecule has 2 rings (SSSR count). The molecule has 0 fully saturated rings. The van der Waals surface area contributed by atoms with Gasteiger partial charge in [0.1, 0.15) is 0 Å². The Hall–Kier alpha value is -2.15. The zero-order chi connectivity index (χ0) is 15.2. The molecule has 2 aromatic rings. The molecule has 1 aromatic carbocycles. The number of ether oxygens (including phenoxy) is 1. The predicted octanol–water partition coefficient (Wildman–Crippen LogP) is 3.24. The van der Waals surface area contributed by atoms with Crippen LogP contribution in [0.5, 0.6) is 5.75 Å². The number of nitrogens with one attached hydrogen (secondary N) is 2. The summed E-state index contributed by atoms with van der Waals surface area (Å²) in [5.41, 5.74) is 0.581. The Kier molecular flexibility index (Phi) is 5.10. The van der Waals surface area contributed by atoms with Crippen LogP contribution >= 0.6 is 11.6 Å². The van der Waals surface area contributed by atoms with E-state index in [9.17, 15) is 4.39 Å². The Balaban J connectivity index is 2.20. The molecule has 2 N–H and O–H groups in total. The van der Waals surface area contributed by atoms with Gasteiger partial charge in [0.05, 0.1) is 7.11 Å². The van der Waals surface area contributed by atoms with Gasteiger partial charge in [-0.2, -0.15) is 15.0 Å². The van der Waals surface area contributed by atoms with Crippen LogP contribution in [0.4, 0.5) is 22.0 Å². The predicted molar refractivity (Wildman–Crippen MR) is 79.9 cm³/mol. The van der Waals surface area contributed by atoms with Crippen LogP contribution in [-0.2, 0) is 0 Å². The normalized spacial score (nSPS) is 10.3. The lowest BCUT2D eigenvalue weighted by Crippen LogP contribution is -2.07. The van der Waals surface area contributed by atoms with Crippen molar-refractivity contribution in [2.75, 3.05) is 24.3 Å². The second-order valence-corrected chi connectivity index (χ2v) is 4.49. The number of aromatic nitrogens is 3.